The van der Waals surface area contributed by atoms with E-state index in [9.17, 15) is 0 Å². The molecule has 0 aliphatic carbocycles. The Morgan fingerprint density at radius 1 is 1.22 bits per heavy atom. The molecule has 1 aromatic carbocycles. The van der Waals surface area contributed by atoms with Crippen LogP contribution in [-0.2, 0) is 6.42 Å². The van der Waals surface area contributed by atoms with Gasteiger partial charge in [-0.1, -0.05) is 12.1 Å². The molecule has 94 valence electrons. The fourth-order valence-electron chi connectivity index (χ4n) is 1.62. The van der Waals surface area contributed by atoms with Crippen LogP contribution in [0.3, 0.4) is 0 Å². The summed E-state index contributed by atoms with van der Waals surface area (Å²) in [5.41, 5.74) is 7.80. The molecule has 0 unspecified atom stereocenters. The zero-order valence-corrected chi connectivity index (χ0v) is 12.1. The number of anilines is 2. The first-order valence-corrected chi connectivity index (χ1v) is 6.89. The van der Waals surface area contributed by atoms with E-state index in [1.165, 1.54) is 5.56 Å². The maximum Gasteiger partial charge on any atom is 0.227 e. The highest BCUT2D eigenvalue weighted by Crippen LogP contribution is 2.15. The van der Waals surface area contributed by atoms with Crippen LogP contribution in [0.25, 0.3) is 0 Å². The second kappa shape index (κ2) is 6.65. The van der Waals surface area contributed by atoms with Gasteiger partial charge in [0.1, 0.15) is 0 Å². The number of rotatable bonds is 5. The molecule has 0 aliphatic heterocycles. The van der Waals surface area contributed by atoms with Gasteiger partial charge < -0.3 is 11.1 Å². The van der Waals surface area contributed by atoms with E-state index in [0.717, 1.165) is 28.6 Å². The molecule has 4 nitrogen and oxygen atoms in total. The van der Waals surface area contributed by atoms with Crippen LogP contribution in [0, 0.1) is 3.57 Å². The Morgan fingerprint density at radius 2 is 2.00 bits per heavy atom. The normalized spacial score (nSPS) is 10.3. The van der Waals surface area contributed by atoms with Crippen LogP contribution in [0.15, 0.2) is 36.7 Å². The Bertz CT molecular complexity index is 499. The number of nitrogens with two attached hydrogens (primary N) is 1. The first-order chi connectivity index (χ1) is 8.78. The van der Waals surface area contributed by atoms with Gasteiger partial charge in [0.2, 0.25) is 5.95 Å². The van der Waals surface area contributed by atoms with Gasteiger partial charge in [0.25, 0.3) is 0 Å². The smallest absolute Gasteiger partial charge is 0.227 e. The molecule has 0 saturated heterocycles. The summed E-state index contributed by atoms with van der Waals surface area (Å²) < 4.78 is 1.02. The van der Waals surface area contributed by atoms with Crippen LogP contribution in [-0.4, -0.2) is 16.5 Å². The Hall–Kier alpha value is -1.21. The highest BCUT2D eigenvalue weighted by Gasteiger charge is 1.99. The third kappa shape index (κ3) is 3.92. The molecule has 5 heteroatoms. The lowest BCUT2D eigenvalue weighted by Crippen LogP contribution is -2.01. The van der Waals surface area contributed by atoms with Crippen molar-refractivity contribution in [2.75, 3.05) is 11.9 Å². The molecular weight excluding hydrogens is 339 g/mol. The minimum Gasteiger partial charge on any atom is -0.330 e. The molecule has 2 rings (SSSR count). The summed E-state index contributed by atoms with van der Waals surface area (Å²) in [6, 6.07) is 8.25. The number of aryl methyl sites for hydroxylation is 1. The van der Waals surface area contributed by atoms with Crippen molar-refractivity contribution in [3.63, 3.8) is 0 Å². The molecule has 2 aromatic rings. The third-order valence-electron chi connectivity index (χ3n) is 2.47. The van der Waals surface area contributed by atoms with Crippen LogP contribution in [0.4, 0.5) is 11.6 Å². The van der Waals surface area contributed by atoms with Gasteiger partial charge >= 0.3 is 0 Å². The van der Waals surface area contributed by atoms with Crippen LogP contribution < -0.4 is 11.1 Å². The van der Waals surface area contributed by atoms with Gasteiger partial charge in [-0.25, -0.2) is 9.97 Å². The van der Waals surface area contributed by atoms with E-state index in [2.05, 4.69) is 50.0 Å². The van der Waals surface area contributed by atoms with Gasteiger partial charge in [-0.15, -0.1) is 0 Å². The van der Waals surface area contributed by atoms with E-state index in [1.807, 2.05) is 12.1 Å². The number of halogens is 1. The van der Waals surface area contributed by atoms with Crippen molar-refractivity contribution in [1.82, 2.24) is 9.97 Å². The lowest BCUT2D eigenvalue weighted by atomic mass is 10.1. The molecule has 18 heavy (non-hydrogen) atoms. The predicted molar refractivity (Wildman–Crippen MR) is 81.8 cm³/mol. The van der Waals surface area contributed by atoms with Crippen molar-refractivity contribution >= 4 is 34.2 Å². The van der Waals surface area contributed by atoms with E-state index in [0.29, 0.717) is 5.95 Å². The van der Waals surface area contributed by atoms with Gasteiger partial charge in [-0.2, -0.15) is 0 Å². The lowest BCUT2D eigenvalue weighted by molar-refractivity contribution is 0.833. The summed E-state index contributed by atoms with van der Waals surface area (Å²) in [5, 5.41) is 3.19. The van der Waals surface area contributed by atoms with Crippen molar-refractivity contribution in [3.05, 3.63) is 45.8 Å². The molecular formula is C13H15IN4. The summed E-state index contributed by atoms with van der Waals surface area (Å²) >= 11 is 2.18. The maximum atomic E-state index is 5.52. The number of nitrogens with zero attached hydrogens (tertiary/aromatic N) is 2. The maximum absolute atomic E-state index is 5.52. The molecule has 1 aromatic heterocycles. The standard InChI is InChI=1S/C13H15IN4/c14-11-8-16-13(17-9-11)18-12-5-1-3-10(7-12)4-2-6-15/h1,3,5,7-9H,2,4,6,15H2,(H,16,17,18). The number of nitrogens with one attached hydrogen (secondary N) is 1. The zero-order valence-electron chi connectivity index (χ0n) is 9.94. The average Bonchev–Trinajstić information content (AvgIpc) is 2.40. The van der Waals surface area contributed by atoms with Gasteiger partial charge in [-0.3, -0.25) is 0 Å². The van der Waals surface area contributed by atoms with Crippen molar-refractivity contribution in [3.8, 4) is 0 Å². The largest absolute Gasteiger partial charge is 0.330 e. The highest BCUT2D eigenvalue weighted by molar-refractivity contribution is 14.1. The van der Waals surface area contributed by atoms with Crippen molar-refractivity contribution in [1.29, 1.82) is 0 Å². The Labute approximate surface area is 120 Å². The number of hydrogen-bond acceptors (Lipinski definition) is 4. The van der Waals surface area contributed by atoms with E-state index in [4.69, 9.17) is 5.73 Å². The van der Waals surface area contributed by atoms with Gasteiger partial charge in [0.05, 0.1) is 0 Å². The number of benzene rings is 1. The predicted octanol–water partition coefficient (Wildman–Crippen LogP) is 2.72. The lowest BCUT2D eigenvalue weighted by Gasteiger charge is -2.06. The first kappa shape index (κ1) is 13.2. The number of hydrogen-bond donors (Lipinski definition) is 2. The second-order valence-electron chi connectivity index (χ2n) is 3.94. The molecule has 0 spiro atoms. The second-order valence-corrected chi connectivity index (χ2v) is 5.19. The van der Waals surface area contributed by atoms with E-state index in [1.54, 1.807) is 12.4 Å². The monoisotopic (exact) mass is 354 g/mol. The fraction of sp³-hybridized carbons (Fsp3) is 0.231. The van der Waals surface area contributed by atoms with Crippen LogP contribution in [0.5, 0.6) is 0 Å². The summed E-state index contributed by atoms with van der Waals surface area (Å²) in [5.74, 6) is 0.617. The molecule has 0 atom stereocenters. The quantitative estimate of drug-likeness (QED) is 0.811. The molecule has 0 amide bonds. The van der Waals surface area contributed by atoms with Gasteiger partial charge in [0, 0.05) is 21.7 Å². The van der Waals surface area contributed by atoms with Crippen LogP contribution in [0.2, 0.25) is 0 Å². The molecule has 0 fully saturated rings. The number of aromatic nitrogens is 2. The zero-order chi connectivity index (χ0) is 12.8. The van der Waals surface area contributed by atoms with Crippen molar-refractivity contribution in [2.45, 2.75) is 12.8 Å². The summed E-state index contributed by atoms with van der Waals surface area (Å²) in [6.07, 6.45) is 5.57. The summed E-state index contributed by atoms with van der Waals surface area (Å²) in [7, 11) is 0. The minimum atomic E-state index is 0.617. The average molecular weight is 354 g/mol. The van der Waals surface area contributed by atoms with E-state index < -0.39 is 0 Å². The molecule has 0 bridgehead atoms. The summed E-state index contributed by atoms with van der Waals surface area (Å²) in [6.45, 7) is 0.720. The Balaban J connectivity index is 2.06. The first-order valence-electron chi connectivity index (χ1n) is 5.81. The topological polar surface area (TPSA) is 63.8 Å². The molecule has 3 N–H and O–H groups in total. The summed E-state index contributed by atoms with van der Waals surface area (Å²) in [4.78, 5) is 8.43. The minimum absolute atomic E-state index is 0.617. The molecule has 1 heterocycles. The van der Waals surface area contributed by atoms with Crippen molar-refractivity contribution < 1.29 is 0 Å². The van der Waals surface area contributed by atoms with E-state index >= 15 is 0 Å². The van der Waals surface area contributed by atoms with Crippen LogP contribution in [0.1, 0.15) is 12.0 Å². The van der Waals surface area contributed by atoms with Crippen LogP contribution >= 0.6 is 22.6 Å². The van der Waals surface area contributed by atoms with Gasteiger partial charge in [0.15, 0.2) is 0 Å². The molecule has 0 radical (unpaired) electrons. The third-order valence-corrected chi connectivity index (χ3v) is 3.03. The highest BCUT2D eigenvalue weighted by atomic mass is 127. The molecule has 0 aliphatic rings. The van der Waals surface area contributed by atoms with Crippen molar-refractivity contribution in [2.24, 2.45) is 5.73 Å². The Morgan fingerprint density at radius 3 is 2.72 bits per heavy atom. The van der Waals surface area contributed by atoms with Gasteiger partial charge in [-0.05, 0) is 59.7 Å². The molecule has 0 saturated carbocycles. The van der Waals surface area contributed by atoms with E-state index in [-0.39, 0.29) is 0 Å². The Kier molecular flexibility index (Phi) is 4.89. The fourth-order valence-corrected chi connectivity index (χ4v) is 1.90. The SMILES string of the molecule is NCCCc1cccc(Nc2ncc(I)cn2)c1.